The summed E-state index contributed by atoms with van der Waals surface area (Å²) in [5, 5.41) is 7.05. The minimum absolute atomic E-state index is 0.0390. The number of amides is 1. The zero-order chi connectivity index (χ0) is 23.7. The van der Waals surface area contributed by atoms with Crippen molar-refractivity contribution in [3.63, 3.8) is 0 Å². The summed E-state index contributed by atoms with van der Waals surface area (Å²) in [5.74, 6) is 0.000302. The van der Waals surface area contributed by atoms with Crippen LogP contribution in [0.5, 0.6) is 0 Å². The Kier molecular flexibility index (Phi) is 5.68. The average Bonchev–Trinajstić information content (AvgIpc) is 3.58. The van der Waals surface area contributed by atoms with Crippen LogP contribution in [0.25, 0.3) is 11.0 Å². The van der Waals surface area contributed by atoms with Gasteiger partial charge in [-0.3, -0.25) is 9.48 Å². The summed E-state index contributed by atoms with van der Waals surface area (Å²) in [4.78, 5) is 26.4. The Bertz CT molecular complexity index is 1300. The summed E-state index contributed by atoms with van der Waals surface area (Å²) in [6, 6.07) is 7.31. The molecule has 0 aromatic carbocycles. The van der Waals surface area contributed by atoms with Gasteiger partial charge in [0.2, 0.25) is 0 Å². The Balaban J connectivity index is 1.31. The van der Waals surface area contributed by atoms with Gasteiger partial charge in [0.25, 0.3) is 5.91 Å². The molecular weight excluding hydrogens is 447 g/mol. The molecule has 0 radical (unpaired) electrons. The minimum Gasteiger partial charge on any atom is -0.357 e. The molecule has 176 valence electrons. The molecule has 4 aromatic heterocycles. The van der Waals surface area contributed by atoms with Gasteiger partial charge in [-0.2, -0.15) is 18.3 Å². The SMILES string of the molecule is O=C(NCc1cnc2[nH]ccc2c1)c1cn(Cc2ccc(N3CCCC3)nc2)nc1C(F)(F)F. The van der Waals surface area contributed by atoms with Crippen molar-refractivity contribution < 1.29 is 18.0 Å². The predicted molar refractivity (Wildman–Crippen MR) is 119 cm³/mol. The van der Waals surface area contributed by atoms with E-state index in [4.69, 9.17) is 0 Å². The van der Waals surface area contributed by atoms with Crippen molar-refractivity contribution >= 4 is 22.8 Å². The number of rotatable bonds is 6. The number of carbonyl (C=O) groups is 1. The number of H-pyrrole nitrogens is 1. The molecule has 8 nitrogen and oxygen atoms in total. The number of carbonyl (C=O) groups excluding carboxylic acids is 1. The summed E-state index contributed by atoms with van der Waals surface area (Å²) >= 11 is 0. The minimum atomic E-state index is -4.76. The molecule has 0 aliphatic carbocycles. The number of nitrogens with one attached hydrogen (secondary N) is 2. The summed E-state index contributed by atoms with van der Waals surface area (Å²) in [7, 11) is 0. The van der Waals surface area contributed by atoms with E-state index in [2.05, 4.69) is 30.3 Å². The van der Waals surface area contributed by atoms with Gasteiger partial charge in [-0.05, 0) is 42.2 Å². The standard InChI is InChI=1S/C23H22F3N7O/c24-23(25,26)20-18(22(34)30-12-16-9-17-5-6-27-21(17)29-11-16)14-33(31-20)13-15-3-4-19(28-10-15)32-7-1-2-8-32/h3-6,9-11,14H,1-2,7-8,12-13H2,(H,27,29)(H,30,34). The molecule has 0 atom stereocenters. The molecule has 34 heavy (non-hydrogen) atoms. The van der Waals surface area contributed by atoms with Crippen molar-refractivity contribution in [3.8, 4) is 0 Å². The number of anilines is 1. The highest BCUT2D eigenvalue weighted by molar-refractivity contribution is 5.95. The Morgan fingerprint density at radius 2 is 1.88 bits per heavy atom. The van der Waals surface area contributed by atoms with Crippen molar-refractivity contribution in [3.05, 3.63) is 71.4 Å². The van der Waals surface area contributed by atoms with Gasteiger partial charge in [-0.1, -0.05) is 6.07 Å². The summed E-state index contributed by atoms with van der Waals surface area (Å²) in [6.07, 6.45) is 3.54. The lowest BCUT2D eigenvalue weighted by Gasteiger charge is -2.16. The quantitative estimate of drug-likeness (QED) is 0.449. The van der Waals surface area contributed by atoms with Crippen LogP contribution in [0.3, 0.4) is 0 Å². The average molecular weight is 469 g/mol. The van der Waals surface area contributed by atoms with E-state index in [1.54, 1.807) is 18.6 Å². The van der Waals surface area contributed by atoms with Crippen molar-refractivity contribution in [2.24, 2.45) is 0 Å². The first-order chi connectivity index (χ1) is 16.4. The lowest BCUT2D eigenvalue weighted by Crippen LogP contribution is -2.25. The maximum Gasteiger partial charge on any atom is 0.435 e. The fourth-order valence-electron chi connectivity index (χ4n) is 4.07. The molecule has 1 saturated heterocycles. The number of pyridine rings is 2. The van der Waals surface area contributed by atoms with E-state index < -0.39 is 23.3 Å². The van der Waals surface area contributed by atoms with Crippen LogP contribution in [0, 0.1) is 0 Å². The van der Waals surface area contributed by atoms with Crippen LogP contribution in [0.1, 0.15) is 40.0 Å². The molecule has 11 heteroatoms. The van der Waals surface area contributed by atoms with Crippen molar-refractivity contribution in [2.75, 3.05) is 18.0 Å². The number of aromatic amines is 1. The van der Waals surface area contributed by atoms with E-state index in [-0.39, 0.29) is 13.1 Å². The first-order valence-electron chi connectivity index (χ1n) is 10.9. The van der Waals surface area contributed by atoms with E-state index >= 15 is 0 Å². The van der Waals surface area contributed by atoms with Gasteiger partial charge in [0.05, 0.1) is 12.1 Å². The number of aromatic nitrogens is 5. The molecule has 5 rings (SSSR count). The van der Waals surface area contributed by atoms with E-state index in [9.17, 15) is 18.0 Å². The molecule has 1 amide bonds. The first-order valence-corrected chi connectivity index (χ1v) is 10.9. The second-order valence-corrected chi connectivity index (χ2v) is 8.25. The Morgan fingerprint density at radius 1 is 1.09 bits per heavy atom. The Hall–Kier alpha value is -3.89. The van der Waals surface area contributed by atoms with Gasteiger partial charge in [0.15, 0.2) is 5.69 Å². The summed E-state index contributed by atoms with van der Waals surface area (Å²) in [6.45, 7) is 2.01. The third-order valence-corrected chi connectivity index (χ3v) is 5.77. The predicted octanol–water partition coefficient (Wildman–Crippen LogP) is 3.75. The molecule has 1 aliphatic rings. The fourth-order valence-corrected chi connectivity index (χ4v) is 4.07. The molecule has 0 saturated carbocycles. The maximum absolute atomic E-state index is 13.6. The number of nitrogens with zero attached hydrogens (tertiary/aromatic N) is 5. The van der Waals surface area contributed by atoms with E-state index in [1.807, 2.05) is 24.3 Å². The van der Waals surface area contributed by atoms with Crippen LogP contribution in [0.4, 0.5) is 19.0 Å². The fraction of sp³-hybridized carbons (Fsp3) is 0.304. The van der Waals surface area contributed by atoms with Gasteiger partial charge in [-0.15, -0.1) is 0 Å². The molecular formula is C23H22F3N7O. The molecule has 1 fully saturated rings. The second-order valence-electron chi connectivity index (χ2n) is 8.25. The van der Waals surface area contributed by atoms with Crippen molar-refractivity contribution in [2.45, 2.75) is 32.1 Å². The number of alkyl halides is 3. The van der Waals surface area contributed by atoms with Crippen LogP contribution in [0.15, 0.2) is 49.1 Å². The zero-order valence-electron chi connectivity index (χ0n) is 18.1. The summed E-state index contributed by atoms with van der Waals surface area (Å²) in [5.41, 5.74) is 0.317. The number of hydrogen-bond donors (Lipinski definition) is 2. The normalized spacial score (nSPS) is 14.1. The van der Waals surface area contributed by atoms with Crippen LogP contribution in [-0.4, -0.2) is 43.7 Å². The monoisotopic (exact) mass is 469 g/mol. The third-order valence-electron chi connectivity index (χ3n) is 5.77. The van der Waals surface area contributed by atoms with Gasteiger partial charge in [0, 0.05) is 49.8 Å². The molecule has 2 N–H and O–H groups in total. The lowest BCUT2D eigenvalue weighted by atomic mass is 10.2. The van der Waals surface area contributed by atoms with Crippen LogP contribution in [-0.2, 0) is 19.3 Å². The number of hydrogen-bond acceptors (Lipinski definition) is 5. The smallest absolute Gasteiger partial charge is 0.357 e. The Morgan fingerprint density at radius 3 is 2.62 bits per heavy atom. The molecule has 0 unspecified atom stereocenters. The van der Waals surface area contributed by atoms with Crippen molar-refractivity contribution in [1.29, 1.82) is 0 Å². The van der Waals surface area contributed by atoms with Crippen molar-refractivity contribution in [1.82, 2.24) is 30.0 Å². The summed E-state index contributed by atoms with van der Waals surface area (Å²) < 4.78 is 41.9. The van der Waals surface area contributed by atoms with Gasteiger partial charge in [-0.25, -0.2) is 9.97 Å². The zero-order valence-corrected chi connectivity index (χ0v) is 18.1. The van der Waals surface area contributed by atoms with Gasteiger partial charge < -0.3 is 15.2 Å². The van der Waals surface area contributed by atoms with Crippen LogP contribution < -0.4 is 10.2 Å². The number of halogens is 3. The van der Waals surface area contributed by atoms with E-state index in [1.165, 1.54) is 0 Å². The van der Waals surface area contributed by atoms with E-state index in [0.717, 1.165) is 48.0 Å². The molecule has 0 bridgehead atoms. The highest BCUT2D eigenvalue weighted by atomic mass is 19.4. The largest absolute Gasteiger partial charge is 0.435 e. The topological polar surface area (TPSA) is 91.7 Å². The number of fused-ring (bicyclic) bond motifs is 1. The highest BCUT2D eigenvalue weighted by Crippen LogP contribution is 2.31. The van der Waals surface area contributed by atoms with Crippen LogP contribution in [0.2, 0.25) is 0 Å². The lowest BCUT2D eigenvalue weighted by molar-refractivity contribution is -0.141. The maximum atomic E-state index is 13.6. The molecule has 5 heterocycles. The van der Waals surface area contributed by atoms with E-state index in [0.29, 0.717) is 16.8 Å². The van der Waals surface area contributed by atoms with Crippen LogP contribution >= 0.6 is 0 Å². The molecule has 0 spiro atoms. The molecule has 4 aromatic rings. The molecule has 1 aliphatic heterocycles. The second kappa shape index (κ2) is 8.81. The van der Waals surface area contributed by atoms with Gasteiger partial charge in [0.1, 0.15) is 11.5 Å². The Labute approximate surface area is 192 Å². The van der Waals surface area contributed by atoms with Gasteiger partial charge >= 0.3 is 6.18 Å². The highest BCUT2D eigenvalue weighted by Gasteiger charge is 2.39. The first kappa shape index (κ1) is 21.9. The third kappa shape index (κ3) is 4.59.